The van der Waals surface area contributed by atoms with Crippen molar-refractivity contribution in [3.05, 3.63) is 78.5 Å². The Balaban J connectivity index is 1.87. The molecule has 1 amide bonds. The topological polar surface area (TPSA) is 65.5 Å². The molecule has 0 saturated heterocycles. The molecular formula is C20H14F3N3O2. The van der Waals surface area contributed by atoms with E-state index in [-0.39, 0.29) is 10.6 Å². The molecule has 1 aromatic heterocycles. The molecule has 0 aliphatic carbocycles. The SMILES string of the molecule is O=C(c1cc(-c2ccccc2)nc2ccccc12)N1NC=C[C@]1(O)C(F)(F)F. The van der Waals surface area contributed by atoms with Gasteiger partial charge in [-0.05, 0) is 18.2 Å². The van der Waals surface area contributed by atoms with Crippen molar-refractivity contribution in [2.75, 3.05) is 0 Å². The fraction of sp³-hybridized carbons (Fsp3) is 0.100. The van der Waals surface area contributed by atoms with E-state index in [0.717, 1.165) is 6.20 Å². The molecular weight excluding hydrogens is 371 g/mol. The number of hydrazine groups is 1. The van der Waals surface area contributed by atoms with Gasteiger partial charge in [0.05, 0.1) is 16.8 Å². The summed E-state index contributed by atoms with van der Waals surface area (Å²) in [5.74, 6) is -1.03. The fourth-order valence-electron chi connectivity index (χ4n) is 3.07. The number of halogens is 3. The van der Waals surface area contributed by atoms with Gasteiger partial charge in [-0.25, -0.2) is 9.99 Å². The summed E-state index contributed by atoms with van der Waals surface area (Å²) in [6.45, 7) is 0. The van der Waals surface area contributed by atoms with Gasteiger partial charge in [0.25, 0.3) is 11.6 Å². The molecule has 0 bridgehead atoms. The number of nitrogens with zero attached hydrogens (tertiary/aromatic N) is 2. The number of rotatable bonds is 2. The normalized spacial score (nSPS) is 19.1. The number of carbonyl (C=O) groups excluding carboxylic acids is 1. The number of aromatic nitrogens is 1. The summed E-state index contributed by atoms with van der Waals surface area (Å²) in [5.41, 5.74) is 0.333. The molecule has 1 aliphatic rings. The second-order valence-corrected chi connectivity index (χ2v) is 6.27. The standard InChI is InChI=1S/C20H14F3N3O2/c21-20(22,23)19(28)10-11-24-26(19)18(27)15-12-17(13-6-2-1-3-7-13)25-16-9-5-4-8-14(15)16/h1-12,24,28H/t19-/m0/s1. The average Bonchev–Trinajstić information content (AvgIpc) is 3.10. The number of para-hydroxylation sites is 1. The van der Waals surface area contributed by atoms with Crippen LogP contribution < -0.4 is 5.43 Å². The van der Waals surface area contributed by atoms with Gasteiger partial charge in [-0.3, -0.25) is 10.2 Å². The molecule has 8 heteroatoms. The summed E-state index contributed by atoms with van der Waals surface area (Å²) in [6.07, 6.45) is -3.70. The van der Waals surface area contributed by atoms with Crippen molar-refractivity contribution in [1.82, 2.24) is 15.4 Å². The number of hydrogen-bond acceptors (Lipinski definition) is 4. The molecule has 2 aromatic carbocycles. The summed E-state index contributed by atoms with van der Waals surface area (Å²) < 4.78 is 40.1. The number of benzene rings is 2. The minimum atomic E-state index is -5.08. The monoisotopic (exact) mass is 385 g/mol. The maximum Gasteiger partial charge on any atom is 0.442 e. The van der Waals surface area contributed by atoms with Gasteiger partial charge in [-0.2, -0.15) is 13.2 Å². The van der Waals surface area contributed by atoms with Gasteiger partial charge in [-0.1, -0.05) is 48.5 Å². The number of carbonyl (C=O) groups is 1. The van der Waals surface area contributed by atoms with E-state index >= 15 is 0 Å². The molecule has 0 fully saturated rings. The quantitative estimate of drug-likeness (QED) is 0.707. The van der Waals surface area contributed by atoms with Crippen molar-refractivity contribution < 1.29 is 23.1 Å². The molecule has 2 N–H and O–H groups in total. The Bertz CT molecular complexity index is 1080. The second-order valence-electron chi connectivity index (χ2n) is 6.27. The van der Waals surface area contributed by atoms with E-state index in [1.165, 1.54) is 6.07 Å². The third-order valence-electron chi connectivity index (χ3n) is 4.50. The molecule has 0 spiro atoms. The van der Waals surface area contributed by atoms with Crippen molar-refractivity contribution in [1.29, 1.82) is 0 Å². The molecule has 4 rings (SSSR count). The minimum absolute atomic E-state index is 0.0108. The molecule has 0 unspecified atom stereocenters. The second kappa shape index (κ2) is 6.35. The zero-order chi connectivity index (χ0) is 19.9. The number of nitrogens with one attached hydrogen (secondary N) is 1. The third-order valence-corrected chi connectivity index (χ3v) is 4.50. The lowest BCUT2D eigenvalue weighted by molar-refractivity contribution is -0.283. The van der Waals surface area contributed by atoms with Crippen LogP contribution in [0.25, 0.3) is 22.2 Å². The van der Waals surface area contributed by atoms with Crippen LogP contribution in [0.5, 0.6) is 0 Å². The van der Waals surface area contributed by atoms with Crippen LogP contribution in [0.15, 0.2) is 72.9 Å². The summed E-state index contributed by atoms with van der Waals surface area (Å²) in [7, 11) is 0. The Labute approximate surface area is 157 Å². The van der Waals surface area contributed by atoms with Crippen LogP contribution in [0.4, 0.5) is 13.2 Å². The Morgan fingerprint density at radius 2 is 1.75 bits per heavy atom. The van der Waals surface area contributed by atoms with E-state index < -0.39 is 17.8 Å². The summed E-state index contributed by atoms with van der Waals surface area (Å²) in [5, 5.41) is 10.6. The number of hydrogen-bond donors (Lipinski definition) is 2. The highest BCUT2D eigenvalue weighted by molar-refractivity contribution is 6.07. The summed E-state index contributed by atoms with van der Waals surface area (Å²) >= 11 is 0. The zero-order valence-electron chi connectivity index (χ0n) is 14.3. The largest absolute Gasteiger partial charge is 0.442 e. The first-order valence-corrected chi connectivity index (χ1v) is 8.34. The predicted molar refractivity (Wildman–Crippen MR) is 96.6 cm³/mol. The Kier molecular flexibility index (Phi) is 4.08. The first-order chi connectivity index (χ1) is 13.3. The molecule has 28 heavy (non-hydrogen) atoms. The van der Waals surface area contributed by atoms with Gasteiger partial charge in [0.15, 0.2) is 0 Å². The van der Waals surface area contributed by atoms with Crippen LogP contribution in [-0.2, 0) is 0 Å². The van der Waals surface area contributed by atoms with Crippen molar-refractivity contribution >= 4 is 16.8 Å². The van der Waals surface area contributed by atoms with Crippen molar-refractivity contribution in [3.63, 3.8) is 0 Å². The minimum Gasteiger partial charge on any atom is -0.359 e. The molecule has 142 valence electrons. The molecule has 0 saturated carbocycles. The van der Waals surface area contributed by atoms with Crippen LogP contribution in [0, 0.1) is 0 Å². The molecule has 1 atom stereocenters. The van der Waals surface area contributed by atoms with Gasteiger partial charge < -0.3 is 5.11 Å². The van der Waals surface area contributed by atoms with Crippen molar-refractivity contribution in [2.24, 2.45) is 0 Å². The molecule has 0 radical (unpaired) electrons. The van der Waals surface area contributed by atoms with E-state index in [1.807, 2.05) is 6.07 Å². The van der Waals surface area contributed by atoms with Crippen LogP contribution >= 0.6 is 0 Å². The third kappa shape index (κ3) is 2.78. The number of fused-ring (bicyclic) bond motifs is 1. The summed E-state index contributed by atoms with van der Waals surface area (Å²) in [4.78, 5) is 17.6. The average molecular weight is 385 g/mol. The van der Waals surface area contributed by atoms with Crippen molar-refractivity contribution in [2.45, 2.75) is 11.9 Å². The van der Waals surface area contributed by atoms with Gasteiger partial charge in [0.1, 0.15) is 0 Å². The van der Waals surface area contributed by atoms with Gasteiger partial charge >= 0.3 is 6.18 Å². The smallest absolute Gasteiger partial charge is 0.359 e. The number of amides is 1. The Hall–Kier alpha value is -3.39. The highest BCUT2D eigenvalue weighted by Gasteiger charge is 2.60. The molecule has 1 aliphatic heterocycles. The first kappa shape index (κ1) is 18.0. The van der Waals surface area contributed by atoms with Crippen LogP contribution in [0.1, 0.15) is 10.4 Å². The van der Waals surface area contributed by atoms with E-state index in [4.69, 9.17) is 0 Å². The highest BCUT2D eigenvalue weighted by atomic mass is 19.4. The van der Waals surface area contributed by atoms with E-state index in [0.29, 0.717) is 28.2 Å². The lowest BCUT2D eigenvalue weighted by Crippen LogP contribution is -2.60. The molecule has 3 aromatic rings. The van der Waals surface area contributed by atoms with Crippen LogP contribution in [0.3, 0.4) is 0 Å². The maximum absolute atomic E-state index is 13.4. The van der Waals surface area contributed by atoms with Crippen molar-refractivity contribution in [3.8, 4) is 11.3 Å². The van der Waals surface area contributed by atoms with E-state index in [1.54, 1.807) is 48.5 Å². The number of aliphatic hydroxyl groups is 1. The van der Waals surface area contributed by atoms with Gasteiger partial charge in [-0.15, -0.1) is 0 Å². The lowest BCUT2D eigenvalue weighted by Gasteiger charge is -2.33. The number of pyridine rings is 1. The predicted octanol–water partition coefficient (Wildman–Crippen LogP) is 3.63. The van der Waals surface area contributed by atoms with E-state index in [9.17, 15) is 23.1 Å². The molecule has 2 heterocycles. The van der Waals surface area contributed by atoms with E-state index in [2.05, 4.69) is 10.4 Å². The molecule has 5 nitrogen and oxygen atoms in total. The Morgan fingerprint density at radius 3 is 2.46 bits per heavy atom. The van der Waals surface area contributed by atoms with Gasteiger partial charge in [0, 0.05) is 17.1 Å². The maximum atomic E-state index is 13.4. The lowest BCUT2D eigenvalue weighted by atomic mass is 10.0. The first-order valence-electron chi connectivity index (χ1n) is 8.34. The van der Waals surface area contributed by atoms with Crippen LogP contribution in [0.2, 0.25) is 0 Å². The zero-order valence-corrected chi connectivity index (χ0v) is 14.3. The fourth-order valence-corrected chi connectivity index (χ4v) is 3.07. The number of alkyl halides is 3. The highest BCUT2D eigenvalue weighted by Crippen LogP contribution is 2.37. The Morgan fingerprint density at radius 1 is 1.07 bits per heavy atom. The van der Waals surface area contributed by atoms with Crippen LogP contribution in [-0.4, -0.2) is 32.9 Å². The van der Waals surface area contributed by atoms with Gasteiger partial charge in [0.2, 0.25) is 0 Å². The summed E-state index contributed by atoms with van der Waals surface area (Å²) in [6, 6.07) is 17.1.